The number of rotatable bonds is 3. The number of carbonyl (C=O) groups is 2. The standard InChI is InChI=1S/C16H20FN3O4/c17-11-3-1-10(2-4-11)12-9-13(19-18-12)14(21)20-7-5-16(24,6-8-20)15(22)23/h1-4,12-13,18-19,24H,5-9H2,(H,22,23). The normalized spacial score (nSPS) is 26.3. The summed E-state index contributed by atoms with van der Waals surface area (Å²) in [4.78, 5) is 25.2. The minimum atomic E-state index is -1.74. The molecule has 2 saturated heterocycles. The lowest BCUT2D eigenvalue weighted by atomic mass is 9.91. The molecule has 0 aliphatic carbocycles. The number of carboxylic acid groups (broad SMARTS) is 1. The first-order valence-corrected chi connectivity index (χ1v) is 7.90. The second-order valence-corrected chi connectivity index (χ2v) is 6.34. The van der Waals surface area contributed by atoms with Gasteiger partial charge in [0.15, 0.2) is 5.60 Å². The van der Waals surface area contributed by atoms with Crippen molar-refractivity contribution < 1.29 is 24.2 Å². The molecule has 4 N–H and O–H groups in total. The Morgan fingerprint density at radius 3 is 2.38 bits per heavy atom. The molecule has 0 radical (unpaired) electrons. The molecule has 1 amide bonds. The number of aliphatic hydroxyl groups is 1. The van der Waals surface area contributed by atoms with Gasteiger partial charge in [0.1, 0.15) is 11.9 Å². The van der Waals surface area contributed by atoms with Crippen LogP contribution in [-0.2, 0) is 9.59 Å². The second kappa shape index (κ2) is 6.46. The lowest BCUT2D eigenvalue weighted by Gasteiger charge is -2.36. The topological polar surface area (TPSA) is 102 Å². The van der Waals surface area contributed by atoms with E-state index < -0.39 is 17.6 Å². The highest BCUT2D eigenvalue weighted by Crippen LogP contribution is 2.26. The number of carbonyl (C=O) groups excluding carboxylic acids is 1. The van der Waals surface area contributed by atoms with Gasteiger partial charge >= 0.3 is 5.97 Å². The van der Waals surface area contributed by atoms with Crippen LogP contribution in [0.2, 0.25) is 0 Å². The Hall–Kier alpha value is -2.03. The highest BCUT2D eigenvalue weighted by atomic mass is 19.1. The van der Waals surface area contributed by atoms with Crippen molar-refractivity contribution >= 4 is 11.9 Å². The van der Waals surface area contributed by atoms with Crippen LogP contribution in [0, 0.1) is 5.82 Å². The summed E-state index contributed by atoms with van der Waals surface area (Å²) in [5.41, 5.74) is 5.13. The number of carboxylic acids is 1. The van der Waals surface area contributed by atoms with Crippen molar-refractivity contribution in [3.63, 3.8) is 0 Å². The van der Waals surface area contributed by atoms with E-state index >= 15 is 0 Å². The van der Waals surface area contributed by atoms with Crippen LogP contribution in [0.25, 0.3) is 0 Å². The first-order valence-electron chi connectivity index (χ1n) is 7.90. The third-order valence-electron chi connectivity index (χ3n) is 4.77. The molecule has 1 aromatic rings. The third kappa shape index (κ3) is 3.26. The monoisotopic (exact) mass is 337 g/mol. The number of benzene rings is 1. The van der Waals surface area contributed by atoms with E-state index in [0.29, 0.717) is 6.42 Å². The maximum Gasteiger partial charge on any atom is 0.335 e. The second-order valence-electron chi connectivity index (χ2n) is 6.34. The zero-order valence-electron chi connectivity index (χ0n) is 13.0. The summed E-state index contributed by atoms with van der Waals surface area (Å²) in [7, 11) is 0. The van der Waals surface area contributed by atoms with E-state index in [9.17, 15) is 19.1 Å². The fraction of sp³-hybridized carbons (Fsp3) is 0.500. The zero-order chi connectivity index (χ0) is 17.3. The van der Waals surface area contributed by atoms with Crippen LogP contribution in [0.1, 0.15) is 30.9 Å². The van der Waals surface area contributed by atoms with Crippen LogP contribution >= 0.6 is 0 Å². The summed E-state index contributed by atoms with van der Waals surface area (Å²) in [6.45, 7) is 0.419. The molecular weight excluding hydrogens is 317 g/mol. The molecular formula is C16H20FN3O4. The zero-order valence-corrected chi connectivity index (χ0v) is 13.0. The Morgan fingerprint density at radius 2 is 1.79 bits per heavy atom. The van der Waals surface area contributed by atoms with Crippen molar-refractivity contribution in [3.8, 4) is 0 Å². The van der Waals surface area contributed by atoms with Crippen LogP contribution in [0.15, 0.2) is 24.3 Å². The van der Waals surface area contributed by atoms with Crippen LogP contribution in [0.3, 0.4) is 0 Å². The van der Waals surface area contributed by atoms with Crippen molar-refractivity contribution in [1.82, 2.24) is 15.8 Å². The first-order chi connectivity index (χ1) is 11.4. The number of nitrogens with zero attached hydrogens (tertiary/aromatic N) is 1. The van der Waals surface area contributed by atoms with Crippen LogP contribution in [0.5, 0.6) is 0 Å². The smallest absolute Gasteiger partial charge is 0.335 e. The molecule has 1 aromatic carbocycles. The predicted octanol–water partition coefficient (Wildman–Crippen LogP) is 0.171. The molecule has 0 spiro atoms. The van der Waals surface area contributed by atoms with E-state index in [2.05, 4.69) is 10.9 Å². The van der Waals surface area contributed by atoms with Gasteiger partial charge < -0.3 is 15.1 Å². The van der Waals surface area contributed by atoms with E-state index in [1.54, 1.807) is 17.0 Å². The molecule has 2 unspecified atom stereocenters. The molecule has 2 heterocycles. The quantitative estimate of drug-likeness (QED) is 0.627. The largest absolute Gasteiger partial charge is 0.479 e. The summed E-state index contributed by atoms with van der Waals surface area (Å²) >= 11 is 0. The van der Waals surface area contributed by atoms with E-state index in [4.69, 9.17) is 5.11 Å². The first kappa shape index (κ1) is 16.8. The number of halogens is 1. The van der Waals surface area contributed by atoms with E-state index in [1.165, 1.54) is 12.1 Å². The van der Waals surface area contributed by atoms with Gasteiger partial charge in [-0.25, -0.2) is 20.0 Å². The van der Waals surface area contributed by atoms with Crippen molar-refractivity contribution in [3.05, 3.63) is 35.6 Å². The van der Waals surface area contributed by atoms with Gasteiger partial charge in [0.2, 0.25) is 5.91 Å². The van der Waals surface area contributed by atoms with Gasteiger partial charge in [0.05, 0.1) is 0 Å². The van der Waals surface area contributed by atoms with Crippen LogP contribution in [-0.4, -0.2) is 51.7 Å². The van der Waals surface area contributed by atoms with Gasteiger partial charge in [-0.15, -0.1) is 0 Å². The number of hydrogen-bond acceptors (Lipinski definition) is 5. The van der Waals surface area contributed by atoms with Gasteiger partial charge in [-0.1, -0.05) is 12.1 Å². The number of nitrogens with one attached hydrogen (secondary N) is 2. The molecule has 3 rings (SSSR count). The minimum absolute atomic E-state index is 0.0234. The summed E-state index contributed by atoms with van der Waals surface area (Å²) in [6, 6.07) is 5.58. The van der Waals surface area contributed by atoms with Crippen molar-refractivity contribution in [2.75, 3.05) is 13.1 Å². The van der Waals surface area contributed by atoms with Crippen molar-refractivity contribution in [2.24, 2.45) is 0 Å². The number of hydrazine groups is 1. The van der Waals surface area contributed by atoms with Crippen LogP contribution < -0.4 is 10.9 Å². The van der Waals surface area contributed by atoms with Gasteiger partial charge in [-0.3, -0.25) is 4.79 Å². The summed E-state index contributed by atoms with van der Waals surface area (Å²) in [5, 5.41) is 18.9. The molecule has 130 valence electrons. The van der Waals surface area contributed by atoms with E-state index in [1.807, 2.05) is 0 Å². The van der Waals surface area contributed by atoms with Crippen LogP contribution in [0.4, 0.5) is 4.39 Å². The Labute approximate surface area is 138 Å². The molecule has 7 nitrogen and oxygen atoms in total. The molecule has 2 atom stereocenters. The number of likely N-dealkylation sites (tertiary alicyclic amines) is 1. The summed E-state index contributed by atoms with van der Waals surface area (Å²) in [5.74, 6) is -1.68. The van der Waals surface area contributed by atoms with Crippen molar-refractivity contribution in [1.29, 1.82) is 0 Å². The lowest BCUT2D eigenvalue weighted by Crippen LogP contribution is -2.54. The van der Waals surface area contributed by atoms with Gasteiger partial charge in [0.25, 0.3) is 0 Å². The Bertz CT molecular complexity index is 629. The van der Waals surface area contributed by atoms with E-state index in [-0.39, 0.29) is 43.7 Å². The van der Waals surface area contributed by atoms with Crippen molar-refractivity contribution in [2.45, 2.75) is 36.9 Å². The third-order valence-corrected chi connectivity index (χ3v) is 4.77. The molecule has 8 heteroatoms. The fourth-order valence-electron chi connectivity index (χ4n) is 3.16. The number of aliphatic carboxylic acids is 1. The highest BCUT2D eigenvalue weighted by molar-refractivity contribution is 5.83. The maximum atomic E-state index is 13.0. The van der Waals surface area contributed by atoms with E-state index in [0.717, 1.165) is 5.56 Å². The van der Waals surface area contributed by atoms with Gasteiger partial charge in [-0.2, -0.15) is 0 Å². The summed E-state index contributed by atoms with van der Waals surface area (Å²) in [6.07, 6.45) is 0.565. The molecule has 0 saturated carbocycles. The van der Waals surface area contributed by atoms with Gasteiger partial charge in [-0.05, 0) is 24.1 Å². The molecule has 2 aliphatic heterocycles. The number of piperidine rings is 1. The summed E-state index contributed by atoms with van der Waals surface area (Å²) < 4.78 is 13.0. The average molecular weight is 337 g/mol. The molecule has 24 heavy (non-hydrogen) atoms. The Balaban J connectivity index is 1.57. The highest BCUT2D eigenvalue weighted by Gasteiger charge is 2.42. The predicted molar refractivity (Wildman–Crippen MR) is 82.2 cm³/mol. The van der Waals surface area contributed by atoms with Gasteiger partial charge in [0, 0.05) is 32.0 Å². The molecule has 0 bridgehead atoms. The maximum absolute atomic E-state index is 13.0. The SMILES string of the molecule is O=C(C1CC(c2ccc(F)cc2)NN1)N1CCC(O)(C(=O)O)CC1. The molecule has 0 aromatic heterocycles. The fourth-order valence-corrected chi connectivity index (χ4v) is 3.16. The minimum Gasteiger partial charge on any atom is -0.479 e. The molecule has 2 fully saturated rings. The average Bonchev–Trinajstić information content (AvgIpc) is 3.05. The lowest BCUT2D eigenvalue weighted by molar-refractivity contribution is -0.165. The Kier molecular flexibility index (Phi) is 4.53. The molecule has 2 aliphatic rings. The Morgan fingerprint density at radius 1 is 1.17 bits per heavy atom. The number of hydrogen-bond donors (Lipinski definition) is 4. The number of amides is 1.